The molecule has 0 radical (unpaired) electrons. The number of hydrogen-bond donors (Lipinski definition) is 0. The van der Waals surface area contributed by atoms with E-state index in [4.69, 9.17) is 4.99 Å². The summed E-state index contributed by atoms with van der Waals surface area (Å²) < 4.78 is 1.27. The molecular weight excluding hydrogens is 356 g/mol. The highest BCUT2D eigenvalue weighted by Crippen LogP contribution is 2.44. The van der Waals surface area contributed by atoms with Gasteiger partial charge in [-0.25, -0.2) is 4.99 Å². The molecule has 3 aromatic rings. The standard InChI is InChI=1S/C22H22N2S2/c1-22(2,3)15-8-9-17-18(12-23)21(26-20(17)11-15)24-13-16-10-14-6-4-5-7-19(14)25-16/h4-7,10,13,15H,8-9,11H2,1-3H3/t15-/m1/s1. The van der Waals surface area contributed by atoms with Crippen LogP contribution in [0.4, 0.5) is 5.00 Å². The van der Waals surface area contributed by atoms with Crippen molar-refractivity contribution in [3.8, 4) is 6.07 Å². The first-order valence-corrected chi connectivity index (χ1v) is 10.7. The smallest absolute Gasteiger partial charge is 0.134 e. The quantitative estimate of drug-likeness (QED) is 0.455. The van der Waals surface area contributed by atoms with Crippen LogP contribution >= 0.6 is 22.7 Å². The van der Waals surface area contributed by atoms with E-state index in [0.29, 0.717) is 11.3 Å². The van der Waals surface area contributed by atoms with E-state index in [1.165, 1.54) is 26.9 Å². The molecule has 0 bridgehead atoms. The minimum Gasteiger partial charge on any atom is -0.243 e. The highest BCUT2D eigenvalue weighted by Gasteiger charge is 2.32. The molecule has 1 aliphatic carbocycles. The normalized spacial score (nSPS) is 17.5. The van der Waals surface area contributed by atoms with Crippen LogP contribution in [0.3, 0.4) is 0 Å². The van der Waals surface area contributed by atoms with Gasteiger partial charge in [-0.2, -0.15) is 5.26 Å². The fourth-order valence-corrected chi connectivity index (χ4v) is 5.86. The summed E-state index contributed by atoms with van der Waals surface area (Å²) in [6, 6.07) is 13.0. The number of aliphatic imine (C=N–C) groups is 1. The van der Waals surface area contributed by atoms with Crippen LogP contribution in [0.15, 0.2) is 35.3 Å². The predicted octanol–water partition coefficient (Wildman–Crippen LogP) is 6.74. The van der Waals surface area contributed by atoms with Gasteiger partial charge in [0.15, 0.2) is 0 Å². The second kappa shape index (κ2) is 6.64. The first kappa shape index (κ1) is 17.5. The van der Waals surface area contributed by atoms with Crippen molar-refractivity contribution >= 4 is 44.0 Å². The molecule has 0 saturated heterocycles. The lowest BCUT2D eigenvalue weighted by molar-refractivity contribution is 0.218. The van der Waals surface area contributed by atoms with E-state index in [1.54, 1.807) is 22.7 Å². The monoisotopic (exact) mass is 378 g/mol. The Morgan fingerprint density at radius 3 is 2.77 bits per heavy atom. The van der Waals surface area contributed by atoms with E-state index in [0.717, 1.165) is 28.3 Å². The molecule has 1 atom stereocenters. The van der Waals surface area contributed by atoms with Gasteiger partial charge in [-0.05, 0) is 53.7 Å². The largest absolute Gasteiger partial charge is 0.243 e. The van der Waals surface area contributed by atoms with Crippen LogP contribution in [-0.2, 0) is 12.8 Å². The maximum Gasteiger partial charge on any atom is 0.134 e. The van der Waals surface area contributed by atoms with Crippen molar-refractivity contribution in [2.45, 2.75) is 40.0 Å². The van der Waals surface area contributed by atoms with E-state index in [-0.39, 0.29) is 0 Å². The zero-order valence-corrected chi connectivity index (χ0v) is 17.0. The molecule has 0 saturated carbocycles. The Morgan fingerprint density at radius 2 is 2.04 bits per heavy atom. The Bertz CT molecular complexity index is 992. The topological polar surface area (TPSA) is 36.1 Å². The maximum atomic E-state index is 9.69. The van der Waals surface area contributed by atoms with Gasteiger partial charge in [0.25, 0.3) is 0 Å². The van der Waals surface area contributed by atoms with Gasteiger partial charge in [0.2, 0.25) is 0 Å². The molecule has 2 heterocycles. The van der Waals surface area contributed by atoms with Crippen LogP contribution in [0.25, 0.3) is 10.1 Å². The fraction of sp³-hybridized carbons (Fsp3) is 0.364. The number of fused-ring (bicyclic) bond motifs is 2. The average molecular weight is 379 g/mol. The van der Waals surface area contributed by atoms with Crippen molar-refractivity contribution in [3.05, 3.63) is 51.2 Å². The molecule has 4 heteroatoms. The SMILES string of the molecule is CC(C)(C)[C@@H]1CCc2c(sc(N=Cc3cc4ccccc4s3)c2C#N)C1. The van der Waals surface area contributed by atoms with Crippen molar-refractivity contribution in [1.82, 2.24) is 0 Å². The third-order valence-electron chi connectivity index (χ3n) is 5.34. The third-order valence-corrected chi connectivity index (χ3v) is 7.55. The van der Waals surface area contributed by atoms with Crippen molar-refractivity contribution in [2.24, 2.45) is 16.3 Å². The molecule has 132 valence electrons. The van der Waals surface area contributed by atoms with Crippen LogP contribution < -0.4 is 0 Å². The van der Waals surface area contributed by atoms with Gasteiger partial charge < -0.3 is 0 Å². The summed E-state index contributed by atoms with van der Waals surface area (Å²) >= 11 is 3.46. The number of rotatable bonds is 2. The van der Waals surface area contributed by atoms with Gasteiger partial charge in [0, 0.05) is 20.7 Å². The Morgan fingerprint density at radius 1 is 1.23 bits per heavy atom. The van der Waals surface area contributed by atoms with Crippen LogP contribution in [0.2, 0.25) is 0 Å². The van der Waals surface area contributed by atoms with E-state index >= 15 is 0 Å². The second-order valence-electron chi connectivity index (χ2n) is 8.05. The fourth-order valence-electron chi connectivity index (χ4n) is 3.71. The average Bonchev–Trinajstić information content (AvgIpc) is 3.18. The summed E-state index contributed by atoms with van der Waals surface area (Å²) in [5, 5.41) is 11.8. The molecule has 2 aromatic heterocycles. The second-order valence-corrected chi connectivity index (χ2v) is 10.2. The van der Waals surface area contributed by atoms with Gasteiger partial charge in [-0.3, -0.25) is 0 Å². The maximum absolute atomic E-state index is 9.69. The van der Waals surface area contributed by atoms with Gasteiger partial charge in [0.05, 0.1) is 5.56 Å². The van der Waals surface area contributed by atoms with E-state index < -0.39 is 0 Å². The lowest BCUT2D eigenvalue weighted by Crippen LogP contribution is -2.26. The van der Waals surface area contributed by atoms with Gasteiger partial charge in [-0.15, -0.1) is 22.7 Å². The summed E-state index contributed by atoms with van der Waals surface area (Å²) in [6.07, 6.45) is 5.18. The van der Waals surface area contributed by atoms with Gasteiger partial charge in [-0.1, -0.05) is 39.0 Å². The zero-order chi connectivity index (χ0) is 18.3. The number of nitriles is 1. The molecule has 0 spiro atoms. The van der Waals surface area contributed by atoms with E-state index in [2.05, 4.69) is 57.2 Å². The third kappa shape index (κ3) is 3.22. The van der Waals surface area contributed by atoms with Gasteiger partial charge >= 0.3 is 0 Å². The first-order valence-electron chi connectivity index (χ1n) is 9.03. The molecule has 4 rings (SSSR count). The highest BCUT2D eigenvalue weighted by molar-refractivity contribution is 7.20. The molecule has 0 amide bonds. The van der Waals surface area contributed by atoms with Crippen LogP contribution in [-0.4, -0.2) is 6.21 Å². The molecular formula is C22H22N2S2. The molecule has 0 fully saturated rings. The Balaban J connectivity index is 1.65. The Labute approximate surface area is 162 Å². The molecule has 0 N–H and O–H groups in total. The van der Waals surface area contributed by atoms with Crippen LogP contribution in [0.5, 0.6) is 0 Å². The van der Waals surface area contributed by atoms with E-state index in [1.807, 2.05) is 6.21 Å². The van der Waals surface area contributed by atoms with Crippen molar-refractivity contribution < 1.29 is 0 Å². The molecule has 2 nitrogen and oxygen atoms in total. The number of hydrogen-bond acceptors (Lipinski definition) is 4. The summed E-state index contributed by atoms with van der Waals surface area (Å²) in [4.78, 5) is 7.22. The Hall–Kier alpha value is -1.96. The minimum absolute atomic E-state index is 0.314. The number of thiophene rings is 2. The summed E-state index contributed by atoms with van der Waals surface area (Å²) in [5.41, 5.74) is 2.37. The molecule has 26 heavy (non-hydrogen) atoms. The molecule has 0 unspecified atom stereocenters. The number of nitrogens with zero attached hydrogens (tertiary/aromatic N) is 2. The highest BCUT2D eigenvalue weighted by atomic mass is 32.1. The zero-order valence-electron chi connectivity index (χ0n) is 15.4. The molecule has 0 aliphatic heterocycles. The summed E-state index contributed by atoms with van der Waals surface area (Å²) in [5.74, 6) is 0.680. The van der Waals surface area contributed by atoms with Crippen molar-refractivity contribution in [1.29, 1.82) is 5.26 Å². The summed E-state index contributed by atoms with van der Waals surface area (Å²) in [6.45, 7) is 6.96. The van der Waals surface area contributed by atoms with Crippen molar-refractivity contribution in [2.75, 3.05) is 0 Å². The lowest BCUT2D eigenvalue weighted by atomic mass is 9.72. The molecule has 1 aromatic carbocycles. The van der Waals surface area contributed by atoms with E-state index in [9.17, 15) is 5.26 Å². The van der Waals surface area contributed by atoms with Gasteiger partial charge in [0.1, 0.15) is 11.1 Å². The van der Waals surface area contributed by atoms with Crippen LogP contribution in [0.1, 0.15) is 48.1 Å². The number of benzene rings is 1. The lowest BCUT2D eigenvalue weighted by Gasteiger charge is -2.33. The Kier molecular flexibility index (Phi) is 4.46. The molecule has 1 aliphatic rings. The van der Waals surface area contributed by atoms with Crippen molar-refractivity contribution in [3.63, 3.8) is 0 Å². The minimum atomic E-state index is 0.314. The van der Waals surface area contributed by atoms with Crippen LogP contribution in [0, 0.1) is 22.7 Å². The summed E-state index contributed by atoms with van der Waals surface area (Å²) in [7, 11) is 0. The predicted molar refractivity (Wildman–Crippen MR) is 113 cm³/mol. The first-order chi connectivity index (χ1) is 12.5.